The van der Waals surface area contributed by atoms with Gasteiger partial charge in [-0.3, -0.25) is 14.9 Å². The minimum atomic E-state index is -0.437. The zero-order chi connectivity index (χ0) is 24.9. The molecular formula is C29H50N2O3. The van der Waals surface area contributed by atoms with Crippen LogP contribution < -0.4 is 5.32 Å². The van der Waals surface area contributed by atoms with E-state index in [0.717, 1.165) is 18.4 Å². The van der Waals surface area contributed by atoms with Crippen LogP contribution in [0.25, 0.3) is 0 Å². The monoisotopic (exact) mass is 474 g/mol. The van der Waals surface area contributed by atoms with Gasteiger partial charge in [-0.1, -0.05) is 129 Å². The number of aryl methyl sites for hydroxylation is 1. The number of non-ortho nitro benzene ring substituents is 1. The molecule has 0 unspecified atom stereocenters. The first-order valence-electron chi connectivity index (χ1n) is 14.1. The number of hydrogen-bond acceptors (Lipinski definition) is 3. The second-order valence-corrected chi connectivity index (χ2v) is 9.92. The summed E-state index contributed by atoms with van der Waals surface area (Å²) in [5.74, 6) is -0.0597. The summed E-state index contributed by atoms with van der Waals surface area (Å²) in [6, 6.07) is 4.57. The minimum absolute atomic E-state index is 0.00407. The first-order valence-corrected chi connectivity index (χ1v) is 14.1. The molecule has 0 bridgehead atoms. The molecule has 194 valence electrons. The third kappa shape index (κ3) is 15.8. The van der Waals surface area contributed by atoms with E-state index in [2.05, 4.69) is 12.2 Å². The van der Waals surface area contributed by atoms with Crippen molar-refractivity contribution in [2.75, 3.05) is 5.32 Å². The lowest BCUT2D eigenvalue weighted by Crippen LogP contribution is -2.12. The molecule has 0 spiro atoms. The third-order valence-electron chi connectivity index (χ3n) is 6.71. The van der Waals surface area contributed by atoms with Crippen molar-refractivity contribution in [2.24, 2.45) is 0 Å². The molecule has 0 aliphatic heterocycles. The molecule has 0 aliphatic rings. The Morgan fingerprint density at radius 1 is 0.735 bits per heavy atom. The largest absolute Gasteiger partial charge is 0.326 e. The van der Waals surface area contributed by atoms with Crippen LogP contribution in [0.5, 0.6) is 0 Å². The van der Waals surface area contributed by atoms with Crippen molar-refractivity contribution in [3.63, 3.8) is 0 Å². The number of nitrogens with zero attached hydrogens (tertiary/aromatic N) is 1. The van der Waals surface area contributed by atoms with Gasteiger partial charge < -0.3 is 5.32 Å². The predicted octanol–water partition coefficient (Wildman–Crippen LogP) is 9.66. The van der Waals surface area contributed by atoms with E-state index < -0.39 is 4.92 Å². The summed E-state index contributed by atoms with van der Waals surface area (Å²) >= 11 is 0. The lowest BCUT2D eigenvalue weighted by atomic mass is 10.0. The Hall–Kier alpha value is -1.91. The molecule has 0 fully saturated rings. The van der Waals surface area contributed by atoms with Crippen LogP contribution in [0.2, 0.25) is 0 Å². The van der Waals surface area contributed by atoms with Crippen LogP contribution >= 0.6 is 0 Å². The number of anilines is 1. The van der Waals surface area contributed by atoms with Crippen molar-refractivity contribution in [3.8, 4) is 0 Å². The molecule has 0 heterocycles. The van der Waals surface area contributed by atoms with Crippen molar-refractivity contribution in [1.82, 2.24) is 0 Å². The van der Waals surface area contributed by atoms with Crippen LogP contribution in [0.15, 0.2) is 18.2 Å². The lowest BCUT2D eigenvalue weighted by Gasteiger charge is -2.08. The van der Waals surface area contributed by atoms with Gasteiger partial charge in [0.15, 0.2) is 0 Å². The molecule has 0 aromatic heterocycles. The molecule has 1 N–H and O–H groups in total. The van der Waals surface area contributed by atoms with Gasteiger partial charge in [0.1, 0.15) is 0 Å². The molecule has 34 heavy (non-hydrogen) atoms. The fourth-order valence-electron chi connectivity index (χ4n) is 4.43. The van der Waals surface area contributed by atoms with Gasteiger partial charge in [0.05, 0.1) is 10.6 Å². The van der Waals surface area contributed by atoms with Crippen LogP contribution in [0.4, 0.5) is 11.4 Å². The quantitative estimate of drug-likeness (QED) is 0.103. The summed E-state index contributed by atoms with van der Waals surface area (Å²) in [6.45, 7) is 4.12. The van der Waals surface area contributed by atoms with Crippen molar-refractivity contribution in [3.05, 3.63) is 33.9 Å². The first kappa shape index (κ1) is 30.1. The zero-order valence-electron chi connectivity index (χ0n) is 22.0. The maximum atomic E-state index is 12.1. The number of amides is 1. The second kappa shape index (κ2) is 20.5. The Bertz CT molecular complexity index is 675. The highest BCUT2D eigenvalue weighted by atomic mass is 16.6. The third-order valence-corrected chi connectivity index (χ3v) is 6.71. The lowest BCUT2D eigenvalue weighted by molar-refractivity contribution is -0.384. The number of carbonyl (C=O) groups is 1. The van der Waals surface area contributed by atoms with Gasteiger partial charge in [0, 0.05) is 18.6 Å². The normalized spacial score (nSPS) is 11.0. The molecular weight excluding hydrogens is 424 g/mol. The van der Waals surface area contributed by atoms with E-state index in [-0.39, 0.29) is 11.6 Å². The fraction of sp³-hybridized carbons (Fsp3) is 0.759. The number of carbonyl (C=O) groups excluding carboxylic acids is 1. The summed E-state index contributed by atoms with van der Waals surface area (Å²) in [4.78, 5) is 22.6. The summed E-state index contributed by atoms with van der Waals surface area (Å²) in [5, 5.41) is 13.7. The highest BCUT2D eigenvalue weighted by Crippen LogP contribution is 2.22. The van der Waals surface area contributed by atoms with E-state index in [0.29, 0.717) is 12.1 Å². The van der Waals surface area contributed by atoms with Crippen molar-refractivity contribution in [2.45, 2.75) is 142 Å². The van der Waals surface area contributed by atoms with Crippen LogP contribution in [0.1, 0.15) is 141 Å². The Morgan fingerprint density at radius 2 is 1.15 bits per heavy atom. The second-order valence-electron chi connectivity index (χ2n) is 9.92. The number of hydrogen-bond donors (Lipinski definition) is 1. The molecule has 0 saturated carbocycles. The average Bonchev–Trinajstić information content (AvgIpc) is 2.81. The Labute approximate surface area is 208 Å². The van der Waals surface area contributed by atoms with E-state index in [9.17, 15) is 14.9 Å². The fourth-order valence-corrected chi connectivity index (χ4v) is 4.43. The molecule has 0 atom stereocenters. The van der Waals surface area contributed by atoms with E-state index in [1.807, 2.05) is 6.92 Å². The SMILES string of the molecule is CCCCCCCCCCCCCCCCCCCCCC(=O)Nc1cc([N+](=O)[O-])ccc1C. The van der Waals surface area contributed by atoms with Crippen molar-refractivity contribution in [1.29, 1.82) is 0 Å². The minimum Gasteiger partial charge on any atom is -0.326 e. The maximum Gasteiger partial charge on any atom is 0.271 e. The Balaban J connectivity index is 1.87. The van der Waals surface area contributed by atoms with E-state index >= 15 is 0 Å². The molecule has 0 radical (unpaired) electrons. The van der Waals surface area contributed by atoms with Gasteiger partial charge in [-0.15, -0.1) is 0 Å². The van der Waals surface area contributed by atoms with Gasteiger partial charge in [0.25, 0.3) is 5.69 Å². The molecule has 1 aromatic rings. The summed E-state index contributed by atoms with van der Waals surface area (Å²) in [6.07, 6.45) is 25.8. The Morgan fingerprint density at radius 3 is 1.56 bits per heavy atom. The standard InChI is InChI=1S/C29H50N2O3/c1-3-4-5-6-7-8-9-10-11-12-13-14-15-16-17-18-19-20-21-22-29(32)30-28-25-27(31(33)34)24-23-26(28)2/h23-25H,3-22H2,1-2H3,(H,30,32). The molecule has 5 nitrogen and oxygen atoms in total. The van der Waals surface area contributed by atoms with Gasteiger partial charge in [-0.25, -0.2) is 0 Å². The van der Waals surface area contributed by atoms with Gasteiger partial charge in [-0.2, -0.15) is 0 Å². The number of nitrogens with one attached hydrogen (secondary N) is 1. The smallest absolute Gasteiger partial charge is 0.271 e. The Kier molecular flexibility index (Phi) is 18.1. The van der Waals surface area contributed by atoms with Crippen LogP contribution in [-0.2, 0) is 4.79 Å². The van der Waals surface area contributed by atoms with Gasteiger partial charge in [-0.05, 0) is 18.9 Å². The first-order chi connectivity index (χ1) is 16.5. The van der Waals surface area contributed by atoms with E-state index in [1.165, 1.54) is 121 Å². The van der Waals surface area contributed by atoms with Gasteiger partial charge >= 0.3 is 0 Å². The molecule has 0 saturated heterocycles. The highest BCUT2D eigenvalue weighted by molar-refractivity contribution is 5.91. The molecule has 1 aromatic carbocycles. The van der Waals surface area contributed by atoms with Crippen LogP contribution in [0.3, 0.4) is 0 Å². The molecule has 1 rings (SSSR count). The van der Waals surface area contributed by atoms with Crippen LogP contribution in [0, 0.1) is 17.0 Å². The van der Waals surface area contributed by atoms with Crippen molar-refractivity contribution >= 4 is 17.3 Å². The maximum absolute atomic E-state index is 12.1. The zero-order valence-corrected chi connectivity index (χ0v) is 22.0. The molecule has 1 amide bonds. The van der Waals surface area contributed by atoms with E-state index in [1.54, 1.807) is 6.07 Å². The molecule has 0 aliphatic carbocycles. The predicted molar refractivity (Wildman–Crippen MR) is 144 cm³/mol. The highest BCUT2D eigenvalue weighted by Gasteiger charge is 2.11. The summed E-state index contributed by atoms with van der Waals surface area (Å²) < 4.78 is 0. The molecule has 5 heteroatoms. The number of nitro groups is 1. The number of nitro benzene ring substituents is 1. The van der Waals surface area contributed by atoms with Crippen LogP contribution in [-0.4, -0.2) is 10.8 Å². The number of rotatable bonds is 22. The summed E-state index contributed by atoms with van der Waals surface area (Å²) in [7, 11) is 0. The number of benzene rings is 1. The topological polar surface area (TPSA) is 72.2 Å². The van der Waals surface area contributed by atoms with Crippen molar-refractivity contribution < 1.29 is 9.72 Å². The van der Waals surface area contributed by atoms with E-state index in [4.69, 9.17) is 0 Å². The summed E-state index contributed by atoms with van der Waals surface area (Å²) in [5.41, 5.74) is 1.38. The number of unbranched alkanes of at least 4 members (excludes halogenated alkanes) is 18. The van der Waals surface area contributed by atoms with Gasteiger partial charge in [0.2, 0.25) is 5.91 Å². The average molecular weight is 475 g/mol.